The van der Waals surface area contributed by atoms with Gasteiger partial charge in [0.25, 0.3) is 0 Å². The molecular formula is C16H21IO4. The molecule has 0 unspecified atom stereocenters. The molecular weight excluding hydrogens is 383 g/mol. The van der Waals surface area contributed by atoms with Crippen molar-refractivity contribution in [3.8, 4) is 0 Å². The van der Waals surface area contributed by atoms with Crippen LogP contribution in [0.15, 0.2) is 18.2 Å². The average Bonchev–Trinajstić information content (AvgIpc) is 2.43. The molecule has 0 aromatic heterocycles. The number of carbonyl (C=O) groups is 2. The van der Waals surface area contributed by atoms with Crippen molar-refractivity contribution in [1.29, 1.82) is 0 Å². The smallest absolute Gasteiger partial charge is 0.339 e. The van der Waals surface area contributed by atoms with Gasteiger partial charge in [-0.15, -0.1) is 0 Å². The molecule has 1 aromatic carbocycles. The van der Waals surface area contributed by atoms with Gasteiger partial charge in [0.05, 0.1) is 24.3 Å². The Morgan fingerprint density at radius 3 is 2.43 bits per heavy atom. The fourth-order valence-corrected chi connectivity index (χ4v) is 2.30. The van der Waals surface area contributed by atoms with E-state index in [2.05, 4.69) is 36.4 Å². The van der Waals surface area contributed by atoms with Crippen LogP contribution in [0.3, 0.4) is 0 Å². The molecule has 0 heterocycles. The fourth-order valence-electron chi connectivity index (χ4n) is 1.81. The quantitative estimate of drug-likeness (QED) is 0.391. The predicted octanol–water partition coefficient (Wildman–Crippen LogP) is 4.06. The van der Waals surface area contributed by atoms with Crippen LogP contribution in [0.4, 0.5) is 0 Å². The van der Waals surface area contributed by atoms with Crippen molar-refractivity contribution in [2.24, 2.45) is 5.92 Å². The van der Waals surface area contributed by atoms with Crippen molar-refractivity contribution in [1.82, 2.24) is 0 Å². The zero-order valence-electron chi connectivity index (χ0n) is 12.6. The second-order valence-electron chi connectivity index (χ2n) is 5.08. The highest BCUT2D eigenvalue weighted by Gasteiger charge is 2.19. The molecule has 1 aromatic rings. The van der Waals surface area contributed by atoms with Gasteiger partial charge < -0.3 is 9.47 Å². The third kappa shape index (κ3) is 6.03. The van der Waals surface area contributed by atoms with Crippen molar-refractivity contribution < 1.29 is 19.1 Å². The van der Waals surface area contributed by atoms with Crippen molar-refractivity contribution in [2.45, 2.75) is 33.6 Å². The topological polar surface area (TPSA) is 52.6 Å². The summed E-state index contributed by atoms with van der Waals surface area (Å²) in [5, 5.41) is 0. The number of rotatable bonds is 7. The van der Waals surface area contributed by atoms with E-state index in [1.807, 2.05) is 0 Å². The minimum Gasteiger partial charge on any atom is -0.462 e. The van der Waals surface area contributed by atoms with E-state index in [1.165, 1.54) is 0 Å². The maximum atomic E-state index is 12.1. The number of hydrogen-bond acceptors (Lipinski definition) is 4. The molecule has 0 saturated carbocycles. The Morgan fingerprint density at radius 2 is 1.81 bits per heavy atom. The van der Waals surface area contributed by atoms with E-state index in [0.717, 1.165) is 16.4 Å². The van der Waals surface area contributed by atoms with Crippen molar-refractivity contribution >= 4 is 34.5 Å². The largest absolute Gasteiger partial charge is 0.462 e. The second kappa shape index (κ2) is 9.02. The Balaban J connectivity index is 2.77. The number of ether oxygens (including phenoxy) is 2. The first-order valence-corrected chi connectivity index (χ1v) is 8.17. The zero-order valence-corrected chi connectivity index (χ0v) is 14.8. The fraction of sp³-hybridized carbons (Fsp3) is 0.500. The summed E-state index contributed by atoms with van der Waals surface area (Å²) < 4.78 is 11.1. The Bertz CT molecular complexity index is 497. The molecule has 0 aliphatic carbocycles. The normalized spacial score (nSPS) is 10.5. The molecule has 0 bridgehead atoms. The summed E-state index contributed by atoms with van der Waals surface area (Å²) in [4.78, 5) is 24.0. The lowest BCUT2D eigenvalue weighted by atomic mass is 10.1. The lowest BCUT2D eigenvalue weighted by Crippen LogP contribution is -2.15. The van der Waals surface area contributed by atoms with Crippen LogP contribution in [0, 0.1) is 9.49 Å². The van der Waals surface area contributed by atoms with Crippen LogP contribution in [0.2, 0.25) is 0 Å². The van der Waals surface area contributed by atoms with Crippen molar-refractivity contribution in [3.05, 3.63) is 32.9 Å². The number of carbonyl (C=O) groups excluding carboxylic acids is 2. The highest BCUT2D eigenvalue weighted by molar-refractivity contribution is 14.1. The maximum absolute atomic E-state index is 12.1. The first-order valence-electron chi connectivity index (χ1n) is 7.09. The first kappa shape index (κ1) is 17.9. The van der Waals surface area contributed by atoms with Crippen LogP contribution >= 0.6 is 22.6 Å². The molecule has 4 nitrogen and oxygen atoms in total. The number of benzene rings is 1. The van der Waals surface area contributed by atoms with Gasteiger partial charge in [0, 0.05) is 3.57 Å². The van der Waals surface area contributed by atoms with E-state index in [1.54, 1.807) is 25.1 Å². The summed E-state index contributed by atoms with van der Waals surface area (Å²) in [6.07, 6.45) is 1.83. The van der Waals surface area contributed by atoms with Gasteiger partial charge in [0.1, 0.15) is 0 Å². The number of halogens is 1. The molecule has 0 spiro atoms. The van der Waals surface area contributed by atoms with Gasteiger partial charge in [-0.2, -0.15) is 0 Å². The number of esters is 2. The van der Waals surface area contributed by atoms with E-state index in [4.69, 9.17) is 9.47 Å². The van der Waals surface area contributed by atoms with Crippen LogP contribution in [0.25, 0.3) is 0 Å². The summed E-state index contributed by atoms with van der Waals surface area (Å²) in [7, 11) is 0. The molecule has 0 amide bonds. The van der Waals surface area contributed by atoms with Crippen LogP contribution in [0.5, 0.6) is 0 Å². The average molecular weight is 404 g/mol. The SMILES string of the molecule is CCOC(=O)c1ccc(I)cc1C(=O)OCCCC(C)C. The molecule has 116 valence electrons. The minimum atomic E-state index is -0.497. The highest BCUT2D eigenvalue weighted by atomic mass is 127. The lowest BCUT2D eigenvalue weighted by molar-refractivity contribution is 0.0460. The number of hydrogen-bond donors (Lipinski definition) is 0. The van der Waals surface area contributed by atoms with Gasteiger partial charge in [-0.1, -0.05) is 13.8 Å². The second-order valence-corrected chi connectivity index (χ2v) is 6.33. The van der Waals surface area contributed by atoms with Gasteiger partial charge in [-0.05, 0) is 66.5 Å². The van der Waals surface area contributed by atoms with E-state index in [9.17, 15) is 9.59 Å². The molecule has 5 heteroatoms. The predicted molar refractivity (Wildman–Crippen MR) is 89.5 cm³/mol. The summed E-state index contributed by atoms with van der Waals surface area (Å²) in [5.41, 5.74) is 0.524. The van der Waals surface area contributed by atoms with Gasteiger partial charge >= 0.3 is 11.9 Å². The molecule has 0 atom stereocenters. The minimum absolute atomic E-state index is 0.256. The third-order valence-corrected chi connectivity index (χ3v) is 3.53. The molecule has 0 saturated heterocycles. The van der Waals surface area contributed by atoms with Crippen LogP contribution in [0.1, 0.15) is 54.3 Å². The van der Waals surface area contributed by atoms with Crippen LogP contribution in [-0.2, 0) is 9.47 Å². The lowest BCUT2D eigenvalue weighted by Gasteiger charge is -2.10. The molecule has 0 radical (unpaired) electrons. The van der Waals surface area contributed by atoms with Crippen molar-refractivity contribution in [3.63, 3.8) is 0 Å². The standard InChI is InChI=1S/C16H21IO4/c1-4-20-15(18)13-8-7-12(17)10-14(13)16(19)21-9-5-6-11(2)3/h7-8,10-11H,4-6,9H2,1-3H3. The Labute approximate surface area is 139 Å². The molecule has 0 N–H and O–H groups in total. The monoisotopic (exact) mass is 404 g/mol. The molecule has 0 aliphatic rings. The van der Waals surface area contributed by atoms with E-state index in [-0.39, 0.29) is 17.7 Å². The molecule has 0 fully saturated rings. The van der Waals surface area contributed by atoms with E-state index in [0.29, 0.717) is 12.5 Å². The van der Waals surface area contributed by atoms with Gasteiger partial charge in [-0.25, -0.2) is 9.59 Å². The Kier molecular flexibility index (Phi) is 7.71. The summed E-state index contributed by atoms with van der Waals surface area (Å²) in [6.45, 7) is 6.62. The summed E-state index contributed by atoms with van der Waals surface area (Å²) >= 11 is 2.09. The third-order valence-electron chi connectivity index (χ3n) is 2.86. The Morgan fingerprint density at radius 1 is 1.14 bits per heavy atom. The van der Waals surface area contributed by atoms with E-state index >= 15 is 0 Å². The molecule has 0 aliphatic heterocycles. The van der Waals surface area contributed by atoms with E-state index < -0.39 is 11.9 Å². The first-order chi connectivity index (χ1) is 9.95. The maximum Gasteiger partial charge on any atom is 0.339 e. The van der Waals surface area contributed by atoms with Crippen molar-refractivity contribution in [2.75, 3.05) is 13.2 Å². The van der Waals surface area contributed by atoms with Gasteiger partial charge in [0.15, 0.2) is 0 Å². The summed E-state index contributed by atoms with van der Waals surface area (Å²) in [5.74, 6) is -0.389. The summed E-state index contributed by atoms with van der Waals surface area (Å²) in [6, 6.07) is 5.02. The zero-order chi connectivity index (χ0) is 15.8. The Hall–Kier alpha value is -1.11. The van der Waals surface area contributed by atoms with Gasteiger partial charge in [-0.3, -0.25) is 0 Å². The molecule has 1 rings (SSSR count). The van der Waals surface area contributed by atoms with Gasteiger partial charge in [0.2, 0.25) is 0 Å². The van der Waals surface area contributed by atoms with Crippen LogP contribution < -0.4 is 0 Å². The molecule has 21 heavy (non-hydrogen) atoms. The van der Waals surface area contributed by atoms with Crippen LogP contribution in [-0.4, -0.2) is 25.2 Å². The highest BCUT2D eigenvalue weighted by Crippen LogP contribution is 2.17.